The number of rotatable bonds is 8. The van der Waals surface area contributed by atoms with Crippen LogP contribution in [0.4, 0.5) is 0 Å². The lowest BCUT2D eigenvalue weighted by atomic mass is 10.0. The number of nitrogens with one attached hydrogen (secondary N) is 1. The van der Waals surface area contributed by atoms with E-state index in [1.54, 1.807) is 0 Å². The maximum Gasteiger partial charge on any atom is 0.0811 e. The van der Waals surface area contributed by atoms with Crippen molar-refractivity contribution in [2.24, 2.45) is 11.8 Å². The highest BCUT2D eigenvalue weighted by Crippen LogP contribution is 2.39. The van der Waals surface area contributed by atoms with E-state index in [1.165, 1.54) is 12.8 Å². The van der Waals surface area contributed by atoms with Gasteiger partial charge in [0.05, 0.1) is 18.3 Å². The van der Waals surface area contributed by atoms with E-state index in [-0.39, 0.29) is 12.1 Å². The van der Waals surface area contributed by atoms with Crippen LogP contribution < -0.4 is 11.3 Å². The molecule has 0 amide bonds. The topological polar surface area (TPSA) is 65.1 Å². The first-order valence-corrected chi connectivity index (χ1v) is 6.90. The minimum Gasteiger partial charge on any atom is -0.376 e. The van der Waals surface area contributed by atoms with Gasteiger partial charge >= 0.3 is 0 Å². The minimum atomic E-state index is 0.0445. The fraction of sp³-hybridized carbons (Fsp3) is 0.769. The summed E-state index contributed by atoms with van der Waals surface area (Å²) in [6.45, 7) is 5.85. The van der Waals surface area contributed by atoms with E-state index in [0.717, 1.165) is 25.1 Å². The second-order valence-electron chi connectivity index (χ2n) is 4.94. The molecular formula is C13H24N4O. The van der Waals surface area contributed by atoms with E-state index in [9.17, 15) is 0 Å². The number of aryl methyl sites for hydroxylation is 1. The molecule has 1 aliphatic carbocycles. The Bertz CT molecular complexity index is 362. The highest BCUT2D eigenvalue weighted by Gasteiger charge is 2.38. The minimum absolute atomic E-state index is 0.0445. The molecule has 0 bridgehead atoms. The quantitative estimate of drug-likeness (QED) is 0.545. The lowest BCUT2D eigenvalue weighted by molar-refractivity contribution is 0.0185. The van der Waals surface area contributed by atoms with E-state index < -0.39 is 0 Å². The second-order valence-corrected chi connectivity index (χ2v) is 4.94. The Kier molecular flexibility index (Phi) is 4.74. The molecule has 3 N–H and O–H groups in total. The summed E-state index contributed by atoms with van der Waals surface area (Å²) >= 11 is 0. The number of nitrogens with zero attached hydrogens (tertiary/aromatic N) is 2. The molecule has 2 rings (SSSR count). The van der Waals surface area contributed by atoms with Crippen molar-refractivity contribution in [1.29, 1.82) is 0 Å². The van der Waals surface area contributed by atoms with E-state index in [0.29, 0.717) is 5.92 Å². The third-order valence-corrected chi connectivity index (χ3v) is 3.42. The van der Waals surface area contributed by atoms with Crippen LogP contribution in [0.3, 0.4) is 0 Å². The zero-order valence-electron chi connectivity index (χ0n) is 11.3. The zero-order chi connectivity index (χ0) is 13.0. The molecule has 1 fully saturated rings. The van der Waals surface area contributed by atoms with E-state index in [2.05, 4.69) is 23.6 Å². The van der Waals surface area contributed by atoms with Gasteiger partial charge in [-0.2, -0.15) is 5.10 Å². The summed E-state index contributed by atoms with van der Waals surface area (Å²) < 4.78 is 7.83. The van der Waals surface area contributed by atoms with Crippen molar-refractivity contribution in [3.05, 3.63) is 18.0 Å². The highest BCUT2D eigenvalue weighted by molar-refractivity contribution is 5.14. The Morgan fingerprint density at radius 2 is 2.33 bits per heavy atom. The van der Waals surface area contributed by atoms with E-state index in [4.69, 9.17) is 10.6 Å². The normalized spacial score (nSPS) is 18.8. The van der Waals surface area contributed by atoms with Gasteiger partial charge in [-0.25, -0.2) is 0 Å². The largest absolute Gasteiger partial charge is 0.376 e. The maximum absolute atomic E-state index is 5.86. The summed E-state index contributed by atoms with van der Waals surface area (Å²) in [6.07, 6.45) is 7.70. The van der Waals surface area contributed by atoms with Gasteiger partial charge in [-0.1, -0.05) is 6.92 Å². The van der Waals surface area contributed by atoms with Crippen molar-refractivity contribution >= 4 is 0 Å². The lowest BCUT2D eigenvalue weighted by Crippen LogP contribution is -2.39. The first-order valence-electron chi connectivity index (χ1n) is 6.90. The van der Waals surface area contributed by atoms with Crippen molar-refractivity contribution in [2.45, 2.75) is 51.8 Å². The molecule has 18 heavy (non-hydrogen) atoms. The van der Waals surface area contributed by atoms with Crippen molar-refractivity contribution in [3.63, 3.8) is 0 Å². The summed E-state index contributed by atoms with van der Waals surface area (Å²) in [6, 6.07) is 0.0445. The van der Waals surface area contributed by atoms with Crippen molar-refractivity contribution < 1.29 is 4.74 Å². The third kappa shape index (κ3) is 3.10. The van der Waals surface area contributed by atoms with Crippen LogP contribution in [0, 0.1) is 5.92 Å². The SMILES string of the molecule is CCCn1cc(C(NN)C(OCC)C2CC2)cn1. The molecule has 1 heterocycles. The Labute approximate surface area is 109 Å². The van der Waals surface area contributed by atoms with Crippen LogP contribution in [0.5, 0.6) is 0 Å². The number of nitrogens with two attached hydrogens (primary N) is 1. The molecule has 1 saturated carbocycles. The predicted octanol–water partition coefficient (Wildman–Crippen LogP) is 1.61. The van der Waals surface area contributed by atoms with Crippen LogP contribution in [-0.2, 0) is 11.3 Å². The molecule has 1 aliphatic rings. The van der Waals surface area contributed by atoms with Crippen molar-refractivity contribution in [3.8, 4) is 0 Å². The summed E-state index contributed by atoms with van der Waals surface area (Å²) in [4.78, 5) is 0. The summed E-state index contributed by atoms with van der Waals surface area (Å²) in [5.41, 5.74) is 4.02. The lowest BCUT2D eigenvalue weighted by Gasteiger charge is -2.25. The number of aromatic nitrogens is 2. The molecule has 5 nitrogen and oxygen atoms in total. The smallest absolute Gasteiger partial charge is 0.0811 e. The maximum atomic E-state index is 5.86. The van der Waals surface area contributed by atoms with Crippen molar-refractivity contribution in [2.75, 3.05) is 6.61 Å². The second kappa shape index (κ2) is 6.31. The van der Waals surface area contributed by atoms with Crippen molar-refractivity contribution in [1.82, 2.24) is 15.2 Å². The molecule has 5 heteroatoms. The van der Waals surface area contributed by atoms with Gasteiger partial charge in [-0.05, 0) is 32.1 Å². The van der Waals surface area contributed by atoms with Crippen LogP contribution in [0.1, 0.15) is 44.7 Å². The molecule has 1 aromatic heterocycles. The number of hydrogen-bond donors (Lipinski definition) is 2. The predicted molar refractivity (Wildman–Crippen MR) is 70.7 cm³/mol. The van der Waals surface area contributed by atoms with Crippen LogP contribution in [0.15, 0.2) is 12.4 Å². The molecule has 0 aromatic carbocycles. The van der Waals surface area contributed by atoms with Gasteiger partial charge in [-0.3, -0.25) is 16.0 Å². The molecular weight excluding hydrogens is 228 g/mol. The molecule has 2 atom stereocenters. The van der Waals surface area contributed by atoms with Gasteiger partial charge in [-0.15, -0.1) is 0 Å². The van der Waals surface area contributed by atoms with Crippen LogP contribution in [0.2, 0.25) is 0 Å². The molecule has 1 aromatic rings. The molecule has 0 aliphatic heterocycles. The highest BCUT2D eigenvalue weighted by atomic mass is 16.5. The average Bonchev–Trinajstić information content (AvgIpc) is 3.11. The van der Waals surface area contributed by atoms with Crippen LogP contribution in [-0.4, -0.2) is 22.5 Å². The van der Waals surface area contributed by atoms with Gasteiger partial charge in [0.25, 0.3) is 0 Å². The molecule has 0 spiro atoms. The van der Waals surface area contributed by atoms with Crippen LogP contribution in [0.25, 0.3) is 0 Å². The van der Waals surface area contributed by atoms with Gasteiger partial charge in [0.15, 0.2) is 0 Å². The first-order chi connectivity index (χ1) is 8.80. The Morgan fingerprint density at radius 3 is 2.89 bits per heavy atom. The van der Waals surface area contributed by atoms with Gasteiger partial charge in [0, 0.05) is 24.9 Å². The van der Waals surface area contributed by atoms with Gasteiger partial charge in [0.2, 0.25) is 0 Å². The summed E-state index contributed by atoms with van der Waals surface area (Å²) in [5, 5.41) is 4.36. The number of hydrazine groups is 1. The van der Waals surface area contributed by atoms with Crippen LogP contribution >= 0.6 is 0 Å². The monoisotopic (exact) mass is 252 g/mol. The van der Waals surface area contributed by atoms with E-state index >= 15 is 0 Å². The van der Waals surface area contributed by atoms with Gasteiger partial charge < -0.3 is 4.74 Å². The fourth-order valence-electron chi connectivity index (χ4n) is 2.39. The number of ether oxygens (including phenoxy) is 1. The average molecular weight is 252 g/mol. The third-order valence-electron chi connectivity index (χ3n) is 3.42. The van der Waals surface area contributed by atoms with E-state index in [1.807, 2.05) is 17.8 Å². The summed E-state index contributed by atoms with van der Waals surface area (Å²) in [7, 11) is 0. The fourth-order valence-corrected chi connectivity index (χ4v) is 2.39. The molecule has 2 unspecified atom stereocenters. The zero-order valence-corrected chi connectivity index (χ0v) is 11.3. The Morgan fingerprint density at radius 1 is 1.56 bits per heavy atom. The Balaban J connectivity index is 2.09. The molecule has 102 valence electrons. The number of hydrogen-bond acceptors (Lipinski definition) is 4. The summed E-state index contributed by atoms with van der Waals surface area (Å²) in [5.74, 6) is 6.36. The standard InChI is InChI=1S/C13H24N4O/c1-3-7-17-9-11(8-15-17)12(16-14)13(18-4-2)10-5-6-10/h8-10,12-13,16H,3-7,14H2,1-2H3. The first kappa shape index (κ1) is 13.5. The Hall–Kier alpha value is -0.910. The molecule has 0 saturated heterocycles. The molecule has 0 radical (unpaired) electrons. The van der Waals surface area contributed by atoms with Gasteiger partial charge in [0.1, 0.15) is 0 Å².